The second-order valence-corrected chi connectivity index (χ2v) is 11.3. The van der Waals surface area contributed by atoms with Crippen LogP contribution in [0, 0.1) is 0 Å². The van der Waals surface area contributed by atoms with Crippen LogP contribution in [0.1, 0.15) is 0 Å². The van der Waals surface area contributed by atoms with Crippen molar-refractivity contribution in [2.45, 2.75) is 0 Å². The molecule has 9 rings (SSSR count). The number of hydrogen-bond acceptors (Lipinski definition) is 3. The van der Waals surface area contributed by atoms with Crippen LogP contribution >= 0.6 is 0 Å². The zero-order valence-electron chi connectivity index (χ0n) is 23.8. The molecule has 0 bridgehead atoms. The predicted octanol–water partition coefficient (Wildman–Crippen LogP) is 10.6. The molecule has 0 spiro atoms. The third kappa shape index (κ3) is 4.02. The summed E-state index contributed by atoms with van der Waals surface area (Å²) in [5.41, 5.74) is 10.2. The molecule has 0 fully saturated rings. The third-order valence-corrected chi connectivity index (χ3v) is 8.60. The molecule has 3 heteroatoms. The van der Waals surface area contributed by atoms with Crippen molar-refractivity contribution in [2.24, 2.45) is 0 Å². The van der Waals surface area contributed by atoms with Gasteiger partial charge in [0.05, 0.1) is 33.5 Å². The number of benzene rings is 6. The van der Waals surface area contributed by atoms with E-state index in [4.69, 9.17) is 15.0 Å². The quantitative estimate of drug-likeness (QED) is 0.160. The van der Waals surface area contributed by atoms with Crippen LogP contribution in [0.25, 0.3) is 88.0 Å². The van der Waals surface area contributed by atoms with Gasteiger partial charge in [0.2, 0.25) is 0 Å². The highest BCUT2D eigenvalue weighted by Gasteiger charge is 2.13. The van der Waals surface area contributed by atoms with Gasteiger partial charge in [-0.15, -0.1) is 0 Å². The van der Waals surface area contributed by atoms with Crippen molar-refractivity contribution < 1.29 is 0 Å². The molecule has 9 aromatic rings. The molecule has 0 N–H and O–H groups in total. The molecule has 6 aromatic carbocycles. The van der Waals surface area contributed by atoms with Crippen molar-refractivity contribution in [1.82, 2.24) is 15.0 Å². The lowest BCUT2D eigenvalue weighted by molar-refractivity contribution is 1.37. The maximum atomic E-state index is 5.24. The minimum absolute atomic E-state index is 0.910. The SMILES string of the molecule is c1cc(-c2ccc3ccc4ccc(-c5ccc6ccccc6c5)nc4c3n2)cc(-c2c3ccccc3nc3ccccc23)c1. The van der Waals surface area contributed by atoms with Crippen molar-refractivity contribution >= 4 is 54.4 Å². The maximum absolute atomic E-state index is 5.24. The van der Waals surface area contributed by atoms with Crippen LogP contribution in [0.5, 0.6) is 0 Å². The van der Waals surface area contributed by atoms with Crippen molar-refractivity contribution in [2.75, 3.05) is 0 Å². The number of aromatic nitrogens is 3. The van der Waals surface area contributed by atoms with Crippen molar-refractivity contribution in [3.63, 3.8) is 0 Å². The molecular formula is C41H25N3. The van der Waals surface area contributed by atoms with Gasteiger partial charge in [0.25, 0.3) is 0 Å². The monoisotopic (exact) mass is 559 g/mol. The Morgan fingerprint density at radius 3 is 1.52 bits per heavy atom. The Morgan fingerprint density at radius 1 is 0.318 bits per heavy atom. The van der Waals surface area contributed by atoms with Crippen molar-refractivity contribution in [3.8, 4) is 33.6 Å². The van der Waals surface area contributed by atoms with E-state index < -0.39 is 0 Å². The molecule has 0 saturated carbocycles. The minimum atomic E-state index is 0.910. The molecule has 3 aromatic heterocycles. The fourth-order valence-corrected chi connectivity index (χ4v) is 6.42. The van der Waals surface area contributed by atoms with Gasteiger partial charge in [-0.2, -0.15) is 0 Å². The van der Waals surface area contributed by atoms with E-state index in [1.165, 1.54) is 16.3 Å². The van der Waals surface area contributed by atoms with Gasteiger partial charge < -0.3 is 0 Å². The molecule has 44 heavy (non-hydrogen) atoms. The van der Waals surface area contributed by atoms with Crippen LogP contribution in [0.2, 0.25) is 0 Å². The molecule has 0 aliphatic heterocycles. The van der Waals surface area contributed by atoms with E-state index in [-0.39, 0.29) is 0 Å². The fourth-order valence-electron chi connectivity index (χ4n) is 6.42. The molecular weight excluding hydrogens is 534 g/mol. The molecule has 3 heterocycles. The summed E-state index contributed by atoms with van der Waals surface area (Å²) in [5.74, 6) is 0. The van der Waals surface area contributed by atoms with Gasteiger partial charge in [-0.3, -0.25) is 0 Å². The second kappa shape index (κ2) is 9.82. The van der Waals surface area contributed by atoms with E-state index >= 15 is 0 Å². The van der Waals surface area contributed by atoms with Gasteiger partial charge in [0.1, 0.15) is 0 Å². The zero-order valence-corrected chi connectivity index (χ0v) is 23.8. The summed E-state index contributed by atoms with van der Waals surface area (Å²) in [6.07, 6.45) is 0. The van der Waals surface area contributed by atoms with E-state index in [0.29, 0.717) is 0 Å². The minimum Gasteiger partial charge on any atom is -0.248 e. The van der Waals surface area contributed by atoms with Gasteiger partial charge >= 0.3 is 0 Å². The largest absolute Gasteiger partial charge is 0.248 e. The molecule has 0 aliphatic carbocycles. The number of para-hydroxylation sites is 2. The van der Waals surface area contributed by atoms with Crippen LogP contribution in [-0.4, -0.2) is 15.0 Å². The summed E-state index contributed by atoms with van der Waals surface area (Å²) in [4.78, 5) is 15.4. The Hall–Kier alpha value is -5.93. The number of hydrogen-bond donors (Lipinski definition) is 0. The van der Waals surface area contributed by atoms with Crippen LogP contribution in [0.3, 0.4) is 0 Å². The Bertz CT molecular complexity index is 2510. The summed E-state index contributed by atoms with van der Waals surface area (Å²) in [6, 6.07) is 53.2. The van der Waals surface area contributed by atoms with Gasteiger partial charge in [-0.25, -0.2) is 15.0 Å². The Kier molecular flexibility index (Phi) is 5.50. The summed E-state index contributed by atoms with van der Waals surface area (Å²) in [7, 11) is 0. The first-order valence-electron chi connectivity index (χ1n) is 14.9. The molecule has 0 unspecified atom stereocenters. The van der Waals surface area contributed by atoms with Gasteiger partial charge in [0.15, 0.2) is 0 Å². The molecule has 204 valence electrons. The van der Waals surface area contributed by atoms with E-state index in [2.05, 4.69) is 140 Å². The average Bonchev–Trinajstić information content (AvgIpc) is 3.10. The number of fused-ring (bicyclic) bond motifs is 6. The maximum Gasteiger partial charge on any atom is 0.0972 e. The Morgan fingerprint density at radius 2 is 0.841 bits per heavy atom. The Balaban J connectivity index is 1.21. The molecule has 0 atom stereocenters. The zero-order chi connectivity index (χ0) is 29.0. The van der Waals surface area contributed by atoms with Crippen LogP contribution < -0.4 is 0 Å². The van der Waals surface area contributed by atoms with Crippen molar-refractivity contribution in [3.05, 3.63) is 152 Å². The first-order chi connectivity index (χ1) is 21.8. The van der Waals surface area contributed by atoms with E-state index in [9.17, 15) is 0 Å². The summed E-state index contributed by atoms with van der Waals surface area (Å²) < 4.78 is 0. The molecule has 0 amide bonds. The lowest BCUT2D eigenvalue weighted by Crippen LogP contribution is -1.92. The molecule has 0 aliphatic rings. The van der Waals surface area contributed by atoms with E-state index in [0.717, 1.165) is 71.7 Å². The van der Waals surface area contributed by atoms with Crippen LogP contribution in [-0.2, 0) is 0 Å². The van der Waals surface area contributed by atoms with Gasteiger partial charge in [0, 0.05) is 38.2 Å². The first-order valence-corrected chi connectivity index (χ1v) is 14.9. The standard InChI is InChI=1S/C41H25N3/c1-2-9-29-24-31(19-16-26(29)8-1)36-23-21-28-18-17-27-20-22-35(43-40(27)41(28)44-36)30-10-7-11-32(25-30)39-33-12-3-5-14-37(33)42-38-15-6-4-13-34(38)39/h1-25H. The lowest BCUT2D eigenvalue weighted by atomic mass is 9.94. The molecule has 0 radical (unpaired) electrons. The normalized spacial score (nSPS) is 11.6. The van der Waals surface area contributed by atoms with E-state index in [1.54, 1.807) is 0 Å². The predicted molar refractivity (Wildman–Crippen MR) is 184 cm³/mol. The van der Waals surface area contributed by atoms with Crippen molar-refractivity contribution in [1.29, 1.82) is 0 Å². The van der Waals surface area contributed by atoms with Crippen LogP contribution in [0.4, 0.5) is 0 Å². The smallest absolute Gasteiger partial charge is 0.0972 e. The van der Waals surface area contributed by atoms with Crippen LogP contribution in [0.15, 0.2) is 152 Å². The number of rotatable bonds is 3. The average molecular weight is 560 g/mol. The third-order valence-electron chi connectivity index (χ3n) is 8.60. The van der Waals surface area contributed by atoms with E-state index in [1.807, 2.05) is 12.1 Å². The summed E-state index contributed by atoms with van der Waals surface area (Å²) in [5, 5.41) is 6.88. The summed E-state index contributed by atoms with van der Waals surface area (Å²) in [6.45, 7) is 0. The topological polar surface area (TPSA) is 38.7 Å². The molecule has 0 saturated heterocycles. The summed E-state index contributed by atoms with van der Waals surface area (Å²) >= 11 is 0. The lowest BCUT2D eigenvalue weighted by Gasteiger charge is -2.13. The first kappa shape index (κ1) is 24.6. The number of nitrogens with zero attached hydrogens (tertiary/aromatic N) is 3. The highest BCUT2D eigenvalue weighted by molar-refractivity contribution is 6.10. The Labute approximate surface area is 254 Å². The number of pyridine rings is 3. The second-order valence-electron chi connectivity index (χ2n) is 11.3. The van der Waals surface area contributed by atoms with Gasteiger partial charge in [-0.1, -0.05) is 115 Å². The molecule has 3 nitrogen and oxygen atoms in total. The highest BCUT2D eigenvalue weighted by Crippen LogP contribution is 2.37. The van der Waals surface area contributed by atoms with Gasteiger partial charge in [-0.05, 0) is 52.7 Å². The highest BCUT2D eigenvalue weighted by atomic mass is 14.8. The fraction of sp³-hybridized carbons (Fsp3) is 0.